The second-order valence-electron chi connectivity index (χ2n) is 5.62. The number of carbonyl (C=O) groups is 1. The number of rotatable bonds is 5. The van der Waals surface area contributed by atoms with Crippen molar-refractivity contribution in [2.45, 2.75) is 19.4 Å². The molecule has 2 aromatic rings. The van der Waals surface area contributed by atoms with Crippen LogP contribution < -0.4 is 14.4 Å². The first-order valence-electron chi connectivity index (χ1n) is 8.01. The predicted molar refractivity (Wildman–Crippen MR) is 94.6 cm³/mol. The normalized spacial score (nSPS) is 18.5. The largest absolute Gasteiger partial charge is 0.497 e. The summed E-state index contributed by atoms with van der Waals surface area (Å²) in [5.41, 5.74) is 2.79. The van der Waals surface area contributed by atoms with Crippen LogP contribution in [0.3, 0.4) is 0 Å². The lowest BCUT2D eigenvalue weighted by atomic mass is 9.86. The van der Waals surface area contributed by atoms with Crippen LogP contribution in [0, 0.1) is 0 Å². The highest BCUT2D eigenvalue weighted by atomic mass is 16.5. The molecule has 4 nitrogen and oxygen atoms in total. The Bertz CT molecular complexity index is 747. The minimum absolute atomic E-state index is 0.0582. The molecular weight excluding hydrogens is 302 g/mol. The van der Waals surface area contributed by atoms with Gasteiger partial charge in [0.1, 0.15) is 11.5 Å². The molecule has 3 rings (SSSR count). The smallest absolute Gasteiger partial charge is 0.257 e. The standard InChI is InChI=1S/C20H21NO3/c1-4-5-18-19(14-6-10-16(23-2)11-7-14)21(20(18)22)15-8-12-17(24-3)13-9-15/h5-13,19H,4H2,1-3H3/b18-5+/t19-/m1/s1. The predicted octanol–water partition coefficient (Wildman–Crippen LogP) is 4.13. The summed E-state index contributed by atoms with van der Waals surface area (Å²) in [6, 6.07) is 15.4. The van der Waals surface area contributed by atoms with Gasteiger partial charge in [0.25, 0.3) is 5.91 Å². The van der Waals surface area contributed by atoms with Gasteiger partial charge in [-0.1, -0.05) is 25.1 Å². The molecule has 1 heterocycles. The maximum atomic E-state index is 12.6. The molecule has 1 fully saturated rings. The van der Waals surface area contributed by atoms with Crippen LogP contribution in [0.25, 0.3) is 0 Å². The van der Waals surface area contributed by atoms with Crippen LogP contribution in [-0.2, 0) is 4.79 Å². The highest BCUT2D eigenvalue weighted by Crippen LogP contribution is 2.43. The summed E-state index contributed by atoms with van der Waals surface area (Å²) in [5.74, 6) is 1.64. The number of β-lactam (4-membered cyclic amide) rings is 1. The van der Waals surface area contributed by atoms with E-state index in [0.29, 0.717) is 0 Å². The van der Waals surface area contributed by atoms with Crippen LogP contribution in [0.4, 0.5) is 5.69 Å². The summed E-state index contributed by atoms with van der Waals surface area (Å²) in [4.78, 5) is 14.4. The lowest BCUT2D eigenvalue weighted by Crippen LogP contribution is -2.49. The van der Waals surface area contributed by atoms with Gasteiger partial charge in [0.2, 0.25) is 0 Å². The quantitative estimate of drug-likeness (QED) is 0.613. The SMILES string of the molecule is CC/C=C1/C(=O)N(c2ccc(OC)cc2)[C@@H]1c1ccc(OC)cc1. The average Bonchev–Trinajstić information content (AvgIpc) is 2.64. The molecule has 0 unspecified atom stereocenters. The second kappa shape index (κ2) is 6.79. The van der Waals surface area contributed by atoms with Crippen LogP contribution in [-0.4, -0.2) is 20.1 Å². The Morgan fingerprint density at radius 2 is 1.50 bits per heavy atom. The minimum atomic E-state index is -0.0586. The van der Waals surface area contributed by atoms with E-state index < -0.39 is 0 Å². The number of ether oxygens (including phenoxy) is 2. The molecule has 0 saturated carbocycles. The molecule has 0 bridgehead atoms. The fourth-order valence-electron chi connectivity index (χ4n) is 2.99. The van der Waals surface area contributed by atoms with E-state index in [4.69, 9.17) is 9.47 Å². The first-order chi connectivity index (χ1) is 11.7. The number of anilines is 1. The van der Waals surface area contributed by atoms with E-state index in [0.717, 1.165) is 34.7 Å². The molecule has 2 aromatic carbocycles. The maximum absolute atomic E-state index is 12.6. The first-order valence-corrected chi connectivity index (χ1v) is 8.01. The van der Waals surface area contributed by atoms with Gasteiger partial charge in [0.05, 0.1) is 20.3 Å². The van der Waals surface area contributed by atoms with E-state index in [9.17, 15) is 4.79 Å². The third-order valence-electron chi connectivity index (χ3n) is 4.22. The van der Waals surface area contributed by atoms with Crippen molar-refractivity contribution in [1.29, 1.82) is 0 Å². The van der Waals surface area contributed by atoms with Gasteiger partial charge in [-0.3, -0.25) is 9.69 Å². The fourth-order valence-corrected chi connectivity index (χ4v) is 2.99. The van der Waals surface area contributed by atoms with Gasteiger partial charge >= 0.3 is 0 Å². The number of benzene rings is 2. The third-order valence-corrected chi connectivity index (χ3v) is 4.22. The van der Waals surface area contributed by atoms with E-state index in [2.05, 4.69) is 0 Å². The van der Waals surface area contributed by atoms with Gasteiger partial charge in [0, 0.05) is 11.3 Å². The summed E-state index contributed by atoms with van der Waals surface area (Å²) in [5, 5.41) is 0. The number of allylic oxidation sites excluding steroid dienone is 1. The molecule has 1 atom stereocenters. The summed E-state index contributed by atoms with van der Waals surface area (Å²) < 4.78 is 10.4. The van der Waals surface area contributed by atoms with Crippen LogP contribution in [0.5, 0.6) is 11.5 Å². The molecule has 0 aromatic heterocycles. The first kappa shape index (κ1) is 16.1. The summed E-state index contributed by atoms with van der Waals surface area (Å²) >= 11 is 0. The van der Waals surface area contributed by atoms with Crippen molar-refractivity contribution in [3.05, 3.63) is 65.7 Å². The van der Waals surface area contributed by atoms with Crippen molar-refractivity contribution in [3.63, 3.8) is 0 Å². The van der Waals surface area contributed by atoms with Crippen LogP contribution in [0.1, 0.15) is 24.9 Å². The molecule has 4 heteroatoms. The van der Waals surface area contributed by atoms with Crippen LogP contribution >= 0.6 is 0 Å². The average molecular weight is 323 g/mol. The number of nitrogens with zero attached hydrogens (tertiary/aromatic N) is 1. The van der Waals surface area contributed by atoms with Gasteiger partial charge in [-0.15, -0.1) is 0 Å². The molecule has 0 N–H and O–H groups in total. The Balaban J connectivity index is 1.96. The van der Waals surface area contributed by atoms with Crippen LogP contribution in [0.2, 0.25) is 0 Å². The van der Waals surface area contributed by atoms with Gasteiger partial charge < -0.3 is 9.47 Å². The van der Waals surface area contributed by atoms with Crippen molar-refractivity contribution in [1.82, 2.24) is 0 Å². The Kier molecular flexibility index (Phi) is 4.56. The highest BCUT2D eigenvalue weighted by molar-refractivity contribution is 6.15. The van der Waals surface area contributed by atoms with E-state index in [-0.39, 0.29) is 11.9 Å². The van der Waals surface area contributed by atoms with Crippen molar-refractivity contribution in [2.75, 3.05) is 19.1 Å². The molecule has 124 valence electrons. The molecule has 1 amide bonds. The van der Waals surface area contributed by atoms with Crippen molar-refractivity contribution in [2.24, 2.45) is 0 Å². The number of carbonyl (C=O) groups excluding carboxylic acids is 1. The molecule has 1 saturated heterocycles. The molecule has 24 heavy (non-hydrogen) atoms. The van der Waals surface area contributed by atoms with Gasteiger partial charge in [0.15, 0.2) is 0 Å². The molecule has 1 aliphatic heterocycles. The molecule has 0 spiro atoms. The Morgan fingerprint density at radius 1 is 0.958 bits per heavy atom. The van der Waals surface area contributed by atoms with E-state index >= 15 is 0 Å². The van der Waals surface area contributed by atoms with Crippen LogP contribution in [0.15, 0.2) is 60.2 Å². The summed E-state index contributed by atoms with van der Waals surface area (Å²) in [6.45, 7) is 2.04. The zero-order valence-corrected chi connectivity index (χ0v) is 14.2. The number of amides is 1. The Hall–Kier alpha value is -2.75. The fraction of sp³-hybridized carbons (Fsp3) is 0.250. The zero-order chi connectivity index (χ0) is 17.1. The number of hydrogen-bond donors (Lipinski definition) is 0. The molecular formula is C20H21NO3. The Morgan fingerprint density at radius 3 is 2.00 bits per heavy atom. The molecule has 0 aliphatic carbocycles. The summed E-state index contributed by atoms with van der Waals surface area (Å²) in [7, 11) is 3.28. The van der Waals surface area contributed by atoms with Crippen molar-refractivity contribution >= 4 is 11.6 Å². The van der Waals surface area contributed by atoms with Gasteiger partial charge in [-0.25, -0.2) is 0 Å². The monoisotopic (exact) mass is 323 g/mol. The number of methoxy groups -OCH3 is 2. The maximum Gasteiger partial charge on any atom is 0.257 e. The lowest BCUT2D eigenvalue weighted by molar-refractivity contribution is -0.119. The van der Waals surface area contributed by atoms with E-state index in [1.165, 1.54) is 0 Å². The number of hydrogen-bond acceptors (Lipinski definition) is 3. The Labute approximate surface area is 142 Å². The van der Waals surface area contributed by atoms with E-state index in [1.54, 1.807) is 14.2 Å². The molecule has 0 radical (unpaired) electrons. The van der Waals surface area contributed by atoms with Crippen molar-refractivity contribution in [3.8, 4) is 11.5 Å². The minimum Gasteiger partial charge on any atom is -0.497 e. The van der Waals surface area contributed by atoms with Crippen molar-refractivity contribution < 1.29 is 14.3 Å². The van der Waals surface area contributed by atoms with Gasteiger partial charge in [-0.2, -0.15) is 0 Å². The third kappa shape index (κ3) is 2.75. The lowest BCUT2D eigenvalue weighted by Gasteiger charge is -2.43. The van der Waals surface area contributed by atoms with E-state index in [1.807, 2.05) is 66.4 Å². The summed E-state index contributed by atoms with van der Waals surface area (Å²) in [6.07, 6.45) is 2.85. The topological polar surface area (TPSA) is 38.8 Å². The zero-order valence-electron chi connectivity index (χ0n) is 14.2. The second-order valence-corrected chi connectivity index (χ2v) is 5.62. The highest BCUT2D eigenvalue weighted by Gasteiger charge is 2.43. The van der Waals surface area contributed by atoms with Gasteiger partial charge in [-0.05, 0) is 48.4 Å². The molecule has 1 aliphatic rings.